The highest BCUT2D eigenvalue weighted by atomic mass is 19.4. The molecule has 3 atom stereocenters. The van der Waals surface area contributed by atoms with Gasteiger partial charge in [0, 0.05) is 44.9 Å². The summed E-state index contributed by atoms with van der Waals surface area (Å²) in [6, 6.07) is 10.7. The highest BCUT2D eigenvalue weighted by Crippen LogP contribution is 2.40. The highest BCUT2D eigenvalue weighted by Gasteiger charge is 2.40. The second-order valence-electron chi connectivity index (χ2n) is 10.5. The van der Waals surface area contributed by atoms with Crippen molar-refractivity contribution >= 4 is 11.8 Å². The molecule has 218 valence electrons. The van der Waals surface area contributed by atoms with E-state index in [2.05, 4.69) is 0 Å². The lowest BCUT2D eigenvalue weighted by atomic mass is 9.86. The number of halogens is 6. The van der Waals surface area contributed by atoms with E-state index in [-0.39, 0.29) is 35.3 Å². The van der Waals surface area contributed by atoms with Gasteiger partial charge in [-0.3, -0.25) is 9.59 Å². The quantitative estimate of drug-likeness (QED) is 0.389. The zero-order chi connectivity index (χ0) is 29.2. The van der Waals surface area contributed by atoms with Crippen LogP contribution in [0, 0.1) is 5.92 Å². The van der Waals surface area contributed by atoms with Gasteiger partial charge in [0.15, 0.2) is 0 Å². The summed E-state index contributed by atoms with van der Waals surface area (Å²) < 4.78 is 86.6. The van der Waals surface area contributed by atoms with Crippen LogP contribution in [0.2, 0.25) is 0 Å². The first kappa shape index (κ1) is 29.9. The maximum absolute atomic E-state index is 13.4. The number of carbonyl (C=O) groups excluding carboxylic acids is 2. The number of carbonyl (C=O) groups is 2. The number of alkyl halides is 6. The molecule has 0 saturated carbocycles. The zero-order valence-electron chi connectivity index (χ0n) is 22.3. The Hall–Kier alpha value is -3.08. The normalized spacial score (nSPS) is 21.8. The molecular formula is C29H32F6N2O3. The van der Waals surface area contributed by atoms with Crippen molar-refractivity contribution in [2.75, 3.05) is 26.2 Å². The Morgan fingerprint density at radius 1 is 0.850 bits per heavy atom. The molecule has 2 saturated heterocycles. The van der Waals surface area contributed by atoms with E-state index >= 15 is 0 Å². The molecule has 2 heterocycles. The summed E-state index contributed by atoms with van der Waals surface area (Å²) in [5, 5.41) is 0. The molecular weight excluding hydrogens is 538 g/mol. The Morgan fingerprint density at radius 3 is 1.93 bits per heavy atom. The second kappa shape index (κ2) is 11.8. The van der Waals surface area contributed by atoms with Crippen molar-refractivity contribution in [3.63, 3.8) is 0 Å². The number of nitrogens with zero attached hydrogens (tertiary/aromatic N) is 2. The zero-order valence-corrected chi connectivity index (χ0v) is 22.3. The van der Waals surface area contributed by atoms with Crippen molar-refractivity contribution in [1.29, 1.82) is 0 Å². The summed E-state index contributed by atoms with van der Waals surface area (Å²) in [5.74, 6) is -0.575. The number of piperidine rings is 2. The summed E-state index contributed by atoms with van der Waals surface area (Å²) in [6.07, 6.45) is -9.99. The van der Waals surface area contributed by atoms with Gasteiger partial charge in [0.1, 0.15) is 0 Å². The Bertz CT molecular complexity index is 1160. The molecule has 0 aliphatic carbocycles. The molecule has 40 heavy (non-hydrogen) atoms. The van der Waals surface area contributed by atoms with Gasteiger partial charge in [-0.2, -0.15) is 26.3 Å². The number of ether oxygens (including phenoxy) is 1. The predicted molar refractivity (Wildman–Crippen MR) is 135 cm³/mol. The van der Waals surface area contributed by atoms with Crippen LogP contribution >= 0.6 is 0 Å². The van der Waals surface area contributed by atoms with Gasteiger partial charge in [0.05, 0.1) is 23.3 Å². The summed E-state index contributed by atoms with van der Waals surface area (Å²) in [6.45, 7) is 4.63. The van der Waals surface area contributed by atoms with E-state index in [1.54, 1.807) is 9.80 Å². The predicted octanol–water partition coefficient (Wildman–Crippen LogP) is 6.45. The number of amides is 2. The Labute approximate surface area is 229 Å². The first-order chi connectivity index (χ1) is 18.7. The maximum atomic E-state index is 13.4. The lowest BCUT2D eigenvalue weighted by Gasteiger charge is -2.42. The van der Waals surface area contributed by atoms with Crippen LogP contribution in [0.4, 0.5) is 26.3 Å². The summed E-state index contributed by atoms with van der Waals surface area (Å²) in [5.41, 5.74) is -2.12. The number of hydrogen-bond acceptors (Lipinski definition) is 3. The molecule has 0 spiro atoms. The Morgan fingerprint density at radius 2 is 1.40 bits per heavy atom. The fourth-order valence-corrected chi connectivity index (χ4v) is 5.57. The summed E-state index contributed by atoms with van der Waals surface area (Å²) >= 11 is 0. The van der Waals surface area contributed by atoms with Gasteiger partial charge >= 0.3 is 12.4 Å². The van der Waals surface area contributed by atoms with Gasteiger partial charge in [0.2, 0.25) is 11.8 Å². The number of likely N-dealkylation sites (tertiary alicyclic amines) is 2. The molecule has 2 aromatic rings. The summed E-state index contributed by atoms with van der Waals surface area (Å²) in [7, 11) is 0. The van der Waals surface area contributed by atoms with Crippen LogP contribution in [-0.2, 0) is 26.7 Å². The minimum atomic E-state index is -4.95. The lowest BCUT2D eigenvalue weighted by molar-refractivity contribution is -0.143. The molecule has 5 nitrogen and oxygen atoms in total. The number of hydrogen-bond donors (Lipinski definition) is 0. The van der Waals surface area contributed by atoms with Crippen LogP contribution in [0.5, 0.6) is 0 Å². The van der Waals surface area contributed by atoms with Crippen LogP contribution < -0.4 is 0 Å². The SMILES string of the molecule is CC(=O)N1CCC(C(=O)N2CC[C@H](O[C@@H](C)c3cc(C(F)(F)F)cc(C(F)(F)F)c3)[C@H](c3ccccc3)C2)CC1. The van der Waals surface area contributed by atoms with E-state index in [9.17, 15) is 35.9 Å². The van der Waals surface area contributed by atoms with Crippen molar-refractivity contribution in [2.45, 2.75) is 63.6 Å². The summed E-state index contributed by atoms with van der Waals surface area (Å²) in [4.78, 5) is 28.5. The third-order valence-electron chi connectivity index (χ3n) is 7.84. The highest BCUT2D eigenvalue weighted by molar-refractivity contribution is 5.80. The van der Waals surface area contributed by atoms with Crippen LogP contribution in [0.25, 0.3) is 0 Å². The molecule has 0 unspecified atom stereocenters. The van der Waals surface area contributed by atoms with Crippen molar-refractivity contribution in [3.05, 3.63) is 70.8 Å². The molecule has 2 aliphatic rings. The molecule has 11 heteroatoms. The van der Waals surface area contributed by atoms with Gasteiger partial charge in [0.25, 0.3) is 0 Å². The number of rotatable bonds is 5. The monoisotopic (exact) mass is 570 g/mol. The molecule has 0 radical (unpaired) electrons. The first-order valence-electron chi connectivity index (χ1n) is 13.3. The minimum absolute atomic E-state index is 0.0108. The smallest absolute Gasteiger partial charge is 0.370 e. The number of benzene rings is 2. The topological polar surface area (TPSA) is 49.9 Å². The third kappa shape index (κ3) is 6.97. The lowest BCUT2D eigenvalue weighted by Crippen LogP contribution is -2.50. The van der Waals surface area contributed by atoms with E-state index in [0.717, 1.165) is 5.56 Å². The molecule has 4 rings (SSSR count). The van der Waals surface area contributed by atoms with Gasteiger partial charge in [-0.1, -0.05) is 30.3 Å². The van der Waals surface area contributed by atoms with Crippen LogP contribution in [0.3, 0.4) is 0 Å². The largest absolute Gasteiger partial charge is 0.416 e. The van der Waals surface area contributed by atoms with Crippen molar-refractivity contribution in [3.8, 4) is 0 Å². The van der Waals surface area contributed by atoms with Crippen LogP contribution in [0.1, 0.15) is 67.4 Å². The van der Waals surface area contributed by atoms with Gasteiger partial charge in [-0.25, -0.2) is 0 Å². The van der Waals surface area contributed by atoms with Crippen molar-refractivity contribution < 1.29 is 40.7 Å². The molecule has 2 fully saturated rings. The molecule has 2 aliphatic heterocycles. The van der Waals surface area contributed by atoms with Crippen LogP contribution in [-0.4, -0.2) is 53.9 Å². The first-order valence-corrected chi connectivity index (χ1v) is 13.3. The average Bonchev–Trinajstić information content (AvgIpc) is 2.92. The molecule has 0 aromatic heterocycles. The standard InChI is InChI=1S/C29H32F6N2O3/c1-18(22-14-23(28(30,31)32)16-24(15-22)29(33,34)35)40-26-10-13-37(17-25(26)20-6-4-3-5-7-20)27(39)21-8-11-36(12-9-21)19(2)38/h3-7,14-16,18,21,25-26H,8-13,17H2,1-2H3/t18-,25-,26-/m0/s1. The van der Waals surface area contributed by atoms with E-state index in [1.165, 1.54) is 13.8 Å². The molecule has 2 aromatic carbocycles. The molecule has 2 amide bonds. The van der Waals surface area contributed by atoms with Gasteiger partial charge < -0.3 is 14.5 Å². The van der Waals surface area contributed by atoms with E-state index in [4.69, 9.17) is 4.74 Å². The minimum Gasteiger partial charge on any atom is -0.370 e. The van der Waals surface area contributed by atoms with Gasteiger partial charge in [-0.05, 0) is 55.5 Å². The van der Waals surface area contributed by atoms with E-state index in [1.807, 2.05) is 30.3 Å². The van der Waals surface area contributed by atoms with Crippen molar-refractivity contribution in [1.82, 2.24) is 9.80 Å². The van der Waals surface area contributed by atoms with E-state index < -0.39 is 35.7 Å². The van der Waals surface area contributed by atoms with Gasteiger partial charge in [-0.15, -0.1) is 0 Å². The Kier molecular flexibility index (Phi) is 8.82. The third-order valence-corrected chi connectivity index (χ3v) is 7.84. The molecule has 0 bridgehead atoms. The van der Waals surface area contributed by atoms with Crippen molar-refractivity contribution in [2.24, 2.45) is 5.92 Å². The average molecular weight is 571 g/mol. The maximum Gasteiger partial charge on any atom is 0.416 e. The second-order valence-corrected chi connectivity index (χ2v) is 10.5. The fourth-order valence-electron chi connectivity index (χ4n) is 5.57. The Balaban J connectivity index is 1.54. The molecule has 0 N–H and O–H groups in total. The fraction of sp³-hybridized carbons (Fsp3) is 0.517. The van der Waals surface area contributed by atoms with E-state index in [0.29, 0.717) is 57.6 Å². The van der Waals surface area contributed by atoms with Crippen LogP contribution in [0.15, 0.2) is 48.5 Å².